The maximum Gasteiger partial charge on any atom is 0.305 e. The van der Waals surface area contributed by atoms with Gasteiger partial charge >= 0.3 is 5.97 Å². The highest BCUT2D eigenvalue weighted by Gasteiger charge is 2.20. The molecule has 21 heavy (non-hydrogen) atoms. The minimum absolute atomic E-state index is 0.0711. The molecule has 0 spiro atoms. The van der Waals surface area contributed by atoms with Gasteiger partial charge in [-0.1, -0.05) is 51.0 Å². The number of carbonyl (C=O) groups is 2. The molecular formula is C17H25NO3. The number of hydrogen-bond donors (Lipinski definition) is 2. The van der Waals surface area contributed by atoms with Crippen molar-refractivity contribution in [3.63, 3.8) is 0 Å². The Morgan fingerprint density at radius 2 is 1.76 bits per heavy atom. The van der Waals surface area contributed by atoms with E-state index in [2.05, 4.69) is 19.2 Å². The number of benzene rings is 1. The van der Waals surface area contributed by atoms with Crippen molar-refractivity contribution in [1.29, 1.82) is 0 Å². The number of aryl methyl sites for hydroxylation is 1. The van der Waals surface area contributed by atoms with Gasteiger partial charge in [0.15, 0.2) is 0 Å². The van der Waals surface area contributed by atoms with Crippen molar-refractivity contribution in [2.45, 2.75) is 52.5 Å². The molecule has 0 saturated heterocycles. The van der Waals surface area contributed by atoms with Crippen LogP contribution in [0.2, 0.25) is 0 Å². The van der Waals surface area contributed by atoms with Crippen molar-refractivity contribution in [2.75, 3.05) is 0 Å². The Morgan fingerprint density at radius 1 is 1.14 bits per heavy atom. The molecule has 0 radical (unpaired) electrons. The van der Waals surface area contributed by atoms with Gasteiger partial charge in [-0.3, -0.25) is 9.59 Å². The van der Waals surface area contributed by atoms with Gasteiger partial charge < -0.3 is 10.4 Å². The van der Waals surface area contributed by atoms with Crippen LogP contribution in [0.1, 0.15) is 56.7 Å². The van der Waals surface area contributed by atoms with Crippen LogP contribution < -0.4 is 5.32 Å². The smallest absolute Gasteiger partial charge is 0.305 e. The van der Waals surface area contributed by atoms with Gasteiger partial charge in [-0.05, 0) is 24.0 Å². The molecule has 0 aliphatic rings. The van der Waals surface area contributed by atoms with Crippen LogP contribution in [-0.4, -0.2) is 17.0 Å². The third-order valence-corrected chi connectivity index (χ3v) is 3.91. The van der Waals surface area contributed by atoms with Crippen molar-refractivity contribution >= 4 is 11.9 Å². The first kappa shape index (κ1) is 17.2. The summed E-state index contributed by atoms with van der Waals surface area (Å²) in [4.78, 5) is 23.2. The average molecular weight is 291 g/mol. The maximum atomic E-state index is 12.1. The van der Waals surface area contributed by atoms with Crippen LogP contribution in [0.5, 0.6) is 0 Å². The van der Waals surface area contributed by atoms with Gasteiger partial charge in [-0.15, -0.1) is 0 Å². The highest BCUT2D eigenvalue weighted by atomic mass is 16.4. The first-order valence-corrected chi connectivity index (χ1v) is 7.54. The molecule has 4 nitrogen and oxygen atoms in total. The molecule has 1 aromatic rings. The van der Waals surface area contributed by atoms with Gasteiger partial charge in [-0.2, -0.15) is 0 Å². The second kappa shape index (κ2) is 8.45. The fraction of sp³-hybridized carbons (Fsp3) is 0.529. The average Bonchev–Trinajstić information content (AvgIpc) is 2.44. The van der Waals surface area contributed by atoms with E-state index in [1.807, 2.05) is 31.2 Å². The van der Waals surface area contributed by atoms with E-state index in [4.69, 9.17) is 5.11 Å². The first-order valence-electron chi connectivity index (χ1n) is 7.54. The predicted octanol–water partition coefficient (Wildman–Crippen LogP) is 3.45. The molecule has 1 rings (SSSR count). The highest BCUT2D eigenvalue weighted by molar-refractivity contribution is 5.78. The molecule has 1 atom stereocenters. The molecule has 4 heteroatoms. The predicted molar refractivity (Wildman–Crippen MR) is 83.0 cm³/mol. The van der Waals surface area contributed by atoms with Crippen LogP contribution >= 0.6 is 0 Å². The molecule has 1 unspecified atom stereocenters. The lowest BCUT2D eigenvalue weighted by atomic mass is 9.96. The standard InChI is InChI=1S/C17H25NO3/c1-4-13(5-2)10-16(19)18-15(11-17(20)21)14-9-7-6-8-12(14)3/h6-9,13,15H,4-5,10-11H2,1-3H3,(H,18,19)(H,20,21). The van der Waals surface area contributed by atoms with E-state index < -0.39 is 12.0 Å². The van der Waals surface area contributed by atoms with Crippen LogP contribution in [0, 0.1) is 12.8 Å². The summed E-state index contributed by atoms with van der Waals surface area (Å²) in [6, 6.07) is 7.11. The summed E-state index contributed by atoms with van der Waals surface area (Å²) < 4.78 is 0. The molecule has 1 aromatic carbocycles. The minimum atomic E-state index is -0.911. The molecule has 0 saturated carbocycles. The first-order chi connectivity index (χ1) is 9.97. The van der Waals surface area contributed by atoms with E-state index in [9.17, 15) is 9.59 Å². The van der Waals surface area contributed by atoms with Crippen molar-refractivity contribution in [3.05, 3.63) is 35.4 Å². The normalized spacial score (nSPS) is 12.2. The molecule has 0 aliphatic heterocycles. The van der Waals surface area contributed by atoms with E-state index in [-0.39, 0.29) is 12.3 Å². The fourth-order valence-electron chi connectivity index (χ4n) is 2.48. The van der Waals surface area contributed by atoms with Gasteiger partial charge in [0.2, 0.25) is 5.91 Å². The topological polar surface area (TPSA) is 66.4 Å². The molecule has 0 bridgehead atoms. The Bertz CT molecular complexity index is 481. The number of aliphatic carboxylic acids is 1. The van der Waals surface area contributed by atoms with Gasteiger partial charge in [0, 0.05) is 6.42 Å². The number of rotatable bonds is 8. The number of hydrogen-bond acceptors (Lipinski definition) is 2. The minimum Gasteiger partial charge on any atom is -0.481 e. The molecular weight excluding hydrogens is 266 g/mol. The van der Waals surface area contributed by atoms with Crippen LogP contribution in [0.3, 0.4) is 0 Å². The monoisotopic (exact) mass is 291 g/mol. The SMILES string of the molecule is CCC(CC)CC(=O)NC(CC(=O)O)c1ccccc1C. The number of carbonyl (C=O) groups excluding carboxylic acids is 1. The van der Waals surface area contributed by atoms with Gasteiger partial charge in [0.05, 0.1) is 12.5 Å². The van der Waals surface area contributed by atoms with Gasteiger partial charge in [-0.25, -0.2) is 0 Å². The third kappa shape index (κ3) is 5.58. The highest BCUT2D eigenvalue weighted by Crippen LogP contribution is 2.22. The number of carboxylic acid groups (broad SMARTS) is 1. The second-order valence-electron chi connectivity index (χ2n) is 5.46. The summed E-state index contributed by atoms with van der Waals surface area (Å²) in [5.41, 5.74) is 1.87. The summed E-state index contributed by atoms with van der Waals surface area (Å²) in [6.07, 6.45) is 2.27. The summed E-state index contributed by atoms with van der Waals surface area (Å²) in [5.74, 6) is -0.628. The van der Waals surface area contributed by atoms with Gasteiger partial charge in [0.1, 0.15) is 0 Å². The fourth-order valence-corrected chi connectivity index (χ4v) is 2.48. The summed E-state index contributed by atoms with van der Waals surface area (Å²) in [5, 5.41) is 12.0. The zero-order valence-corrected chi connectivity index (χ0v) is 13.1. The molecule has 2 N–H and O–H groups in total. The third-order valence-electron chi connectivity index (χ3n) is 3.91. The van der Waals surface area contributed by atoms with Crippen molar-refractivity contribution in [3.8, 4) is 0 Å². The largest absolute Gasteiger partial charge is 0.481 e. The van der Waals surface area contributed by atoms with E-state index in [0.29, 0.717) is 12.3 Å². The van der Waals surface area contributed by atoms with Gasteiger partial charge in [0.25, 0.3) is 0 Å². The second-order valence-corrected chi connectivity index (χ2v) is 5.46. The Balaban J connectivity index is 2.82. The molecule has 116 valence electrons. The van der Waals surface area contributed by atoms with Crippen molar-refractivity contribution in [2.24, 2.45) is 5.92 Å². The number of carboxylic acids is 1. The lowest BCUT2D eigenvalue weighted by Gasteiger charge is -2.21. The Kier molecular flexibility index (Phi) is 6.92. The molecule has 0 fully saturated rings. The lowest BCUT2D eigenvalue weighted by Crippen LogP contribution is -2.31. The Labute approximate surface area is 126 Å². The van der Waals surface area contributed by atoms with Crippen LogP contribution in [0.4, 0.5) is 0 Å². The van der Waals surface area contributed by atoms with Crippen LogP contribution in [0.15, 0.2) is 24.3 Å². The number of amides is 1. The zero-order valence-electron chi connectivity index (χ0n) is 13.1. The molecule has 0 aromatic heterocycles. The van der Waals surface area contributed by atoms with Crippen molar-refractivity contribution in [1.82, 2.24) is 5.32 Å². The van der Waals surface area contributed by atoms with E-state index >= 15 is 0 Å². The summed E-state index contributed by atoms with van der Waals surface area (Å²) in [7, 11) is 0. The van der Waals surface area contributed by atoms with Crippen LogP contribution in [-0.2, 0) is 9.59 Å². The summed E-state index contributed by atoms with van der Waals surface area (Å²) in [6.45, 7) is 6.06. The van der Waals surface area contributed by atoms with Crippen molar-refractivity contribution < 1.29 is 14.7 Å². The lowest BCUT2D eigenvalue weighted by molar-refractivity contribution is -0.137. The molecule has 0 aliphatic carbocycles. The number of nitrogens with one attached hydrogen (secondary N) is 1. The Hall–Kier alpha value is -1.84. The zero-order chi connectivity index (χ0) is 15.8. The van der Waals surface area contributed by atoms with E-state index in [1.165, 1.54) is 0 Å². The van der Waals surface area contributed by atoms with E-state index in [0.717, 1.165) is 24.0 Å². The van der Waals surface area contributed by atoms with E-state index in [1.54, 1.807) is 0 Å². The van der Waals surface area contributed by atoms with Crippen LogP contribution in [0.25, 0.3) is 0 Å². The Morgan fingerprint density at radius 3 is 2.29 bits per heavy atom. The quantitative estimate of drug-likeness (QED) is 0.771. The molecule has 1 amide bonds. The maximum absolute atomic E-state index is 12.1. The summed E-state index contributed by atoms with van der Waals surface area (Å²) >= 11 is 0. The molecule has 0 heterocycles.